The van der Waals surface area contributed by atoms with E-state index in [1.807, 2.05) is 27.7 Å². The first-order valence-corrected chi connectivity index (χ1v) is 14.0. The van der Waals surface area contributed by atoms with E-state index in [1.54, 1.807) is 19.8 Å². The van der Waals surface area contributed by atoms with Crippen LogP contribution in [0.2, 0.25) is 19.6 Å². The van der Waals surface area contributed by atoms with Crippen LogP contribution >= 0.6 is 0 Å². The lowest BCUT2D eigenvalue weighted by Gasteiger charge is -2.38. The van der Waals surface area contributed by atoms with Crippen molar-refractivity contribution in [3.8, 4) is 11.5 Å². The molecule has 0 unspecified atom stereocenters. The predicted molar refractivity (Wildman–Crippen MR) is 117 cm³/mol. The van der Waals surface area contributed by atoms with Gasteiger partial charge in [0.15, 0.2) is 0 Å². The molecule has 0 N–H and O–H groups in total. The van der Waals surface area contributed by atoms with Gasteiger partial charge in [-0.15, -0.1) is 5.54 Å². The van der Waals surface area contributed by atoms with Crippen LogP contribution in [0.3, 0.4) is 0 Å². The summed E-state index contributed by atoms with van der Waals surface area (Å²) in [6, 6.07) is 0. The molecule has 2 rings (SSSR count). The van der Waals surface area contributed by atoms with Crippen LogP contribution in [0.15, 0.2) is 11.6 Å². The average Bonchev–Trinajstić information content (AvgIpc) is 3.35. The van der Waals surface area contributed by atoms with E-state index in [4.69, 9.17) is 18.9 Å². The summed E-state index contributed by atoms with van der Waals surface area (Å²) < 4.78 is 24.8. The highest BCUT2D eigenvalue weighted by Crippen LogP contribution is 2.43. The van der Waals surface area contributed by atoms with Gasteiger partial charge in [-0.05, 0) is 59.3 Å². The van der Waals surface area contributed by atoms with Gasteiger partial charge >= 0.3 is 0 Å². The summed E-state index contributed by atoms with van der Waals surface area (Å²) in [5, 5.41) is 0. The summed E-state index contributed by atoms with van der Waals surface area (Å²) >= 11 is 0. The molecule has 0 aromatic heterocycles. The third-order valence-corrected chi connectivity index (χ3v) is 6.52. The molecule has 1 heterocycles. The Bertz CT molecular complexity index is 603. The van der Waals surface area contributed by atoms with E-state index in [0.717, 1.165) is 19.3 Å². The van der Waals surface area contributed by atoms with E-state index in [1.165, 1.54) is 12.8 Å². The summed E-state index contributed by atoms with van der Waals surface area (Å²) in [5.41, 5.74) is 4.04. The molecular weight excluding hydrogens is 368 g/mol. The standard InChI is InChI=1S/C23H40O4Si/c1-21(2,24-5)19-20(22(3,4)25-6)27-23(26-19,16-17-28(7,8)9)15-11-10-12-18-13-14-18/h12,19-20H,10-11,13-15H2,1-9H3/t19-,20-/m1/s1. The lowest BCUT2D eigenvalue weighted by Crippen LogP contribution is -2.53. The summed E-state index contributed by atoms with van der Waals surface area (Å²) in [4.78, 5) is 0. The van der Waals surface area contributed by atoms with Crippen molar-refractivity contribution >= 4 is 8.07 Å². The van der Waals surface area contributed by atoms with Crippen LogP contribution in [-0.4, -0.2) is 51.5 Å². The predicted octanol–water partition coefficient (Wildman–Crippen LogP) is 5.09. The number of methoxy groups -OCH3 is 2. The maximum Gasteiger partial charge on any atom is 0.233 e. The minimum atomic E-state index is -1.58. The molecule has 2 atom stereocenters. The van der Waals surface area contributed by atoms with E-state index < -0.39 is 25.1 Å². The number of ether oxygens (including phenoxy) is 4. The lowest BCUT2D eigenvalue weighted by molar-refractivity contribution is -0.165. The van der Waals surface area contributed by atoms with Crippen molar-refractivity contribution in [2.75, 3.05) is 14.2 Å². The molecule has 0 radical (unpaired) electrons. The Morgan fingerprint density at radius 2 is 1.54 bits per heavy atom. The molecule has 0 aromatic carbocycles. The minimum absolute atomic E-state index is 0.273. The molecule has 4 nitrogen and oxygen atoms in total. The van der Waals surface area contributed by atoms with Gasteiger partial charge in [-0.25, -0.2) is 0 Å². The second kappa shape index (κ2) is 8.61. The maximum atomic E-state index is 6.62. The number of rotatable bonds is 8. The summed E-state index contributed by atoms with van der Waals surface area (Å²) in [6.07, 6.45) is 7.14. The molecule has 28 heavy (non-hydrogen) atoms. The van der Waals surface area contributed by atoms with Gasteiger partial charge in [0.1, 0.15) is 20.3 Å². The Morgan fingerprint density at radius 1 is 1.04 bits per heavy atom. The quantitative estimate of drug-likeness (QED) is 0.243. The molecule has 0 amide bonds. The van der Waals surface area contributed by atoms with Gasteiger partial charge in [0, 0.05) is 20.6 Å². The van der Waals surface area contributed by atoms with E-state index in [-0.39, 0.29) is 12.2 Å². The van der Waals surface area contributed by atoms with Crippen LogP contribution in [-0.2, 0) is 18.9 Å². The van der Waals surface area contributed by atoms with Crippen molar-refractivity contribution in [3.05, 3.63) is 11.6 Å². The van der Waals surface area contributed by atoms with Gasteiger partial charge in [-0.1, -0.05) is 31.3 Å². The van der Waals surface area contributed by atoms with E-state index in [9.17, 15) is 0 Å². The number of allylic oxidation sites excluding steroid dienone is 2. The third-order valence-electron chi connectivity index (χ3n) is 5.64. The molecule has 1 saturated carbocycles. The number of hydrogen-bond acceptors (Lipinski definition) is 4. The normalized spacial score (nSPS) is 24.7. The summed E-state index contributed by atoms with van der Waals surface area (Å²) in [6.45, 7) is 14.9. The van der Waals surface area contributed by atoms with Crippen LogP contribution in [0.1, 0.15) is 59.8 Å². The van der Waals surface area contributed by atoms with E-state index in [0.29, 0.717) is 0 Å². The van der Waals surface area contributed by atoms with Crippen molar-refractivity contribution in [2.24, 2.45) is 0 Å². The van der Waals surface area contributed by atoms with Gasteiger partial charge < -0.3 is 18.9 Å². The highest BCUT2D eigenvalue weighted by Gasteiger charge is 2.57. The number of unbranched alkanes of at least 4 members (excludes halogenated alkanes) is 1. The first-order valence-electron chi connectivity index (χ1n) is 10.5. The van der Waals surface area contributed by atoms with E-state index in [2.05, 4.69) is 37.2 Å². The van der Waals surface area contributed by atoms with E-state index >= 15 is 0 Å². The largest absolute Gasteiger partial charge is 0.376 e. The van der Waals surface area contributed by atoms with Crippen LogP contribution in [0, 0.1) is 11.5 Å². The first kappa shape index (κ1) is 23.6. The molecule has 2 fully saturated rings. The number of hydrogen-bond donors (Lipinski definition) is 0. The Hall–Kier alpha value is -0.643. The topological polar surface area (TPSA) is 36.9 Å². The zero-order chi connectivity index (χ0) is 21.2. The SMILES string of the molecule is COC(C)(C)[C@@H]1OC(C#C[Si](C)(C)C)(CCCC=C2CC2)O[C@H]1C(C)(C)OC. The Kier molecular flexibility index (Phi) is 7.27. The fourth-order valence-corrected chi connectivity index (χ4v) is 3.81. The van der Waals surface area contributed by atoms with Gasteiger partial charge in [0.05, 0.1) is 11.2 Å². The molecule has 1 saturated heterocycles. The molecule has 0 bridgehead atoms. The molecular formula is C23H40O4Si. The van der Waals surface area contributed by atoms with Crippen molar-refractivity contribution in [2.45, 2.75) is 109 Å². The van der Waals surface area contributed by atoms with Crippen molar-refractivity contribution < 1.29 is 18.9 Å². The fourth-order valence-electron chi connectivity index (χ4n) is 3.25. The Labute approximate surface area is 173 Å². The third kappa shape index (κ3) is 6.18. The smallest absolute Gasteiger partial charge is 0.233 e. The van der Waals surface area contributed by atoms with Crippen molar-refractivity contribution in [1.82, 2.24) is 0 Å². The highest BCUT2D eigenvalue weighted by molar-refractivity contribution is 6.83. The summed E-state index contributed by atoms with van der Waals surface area (Å²) in [5.74, 6) is 2.53. The Morgan fingerprint density at radius 3 is 1.93 bits per heavy atom. The molecule has 2 aliphatic rings. The maximum absolute atomic E-state index is 6.62. The molecule has 5 heteroatoms. The monoisotopic (exact) mass is 408 g/mol. The van der Waals surface area contributed by atoms with Gasteiger partial charge in [-0.2, -0.15) is 0 Å². The molecule has 0 aromatic rings. The zero-order valence-corrected chi connectivity index (χ0v) is 20.4. The van der Waals surface area contributed by atoms with Gasteiger partial charge in [0.2, 0.25) is 5.79 Å². The van der Waals surface area contributed by atoms with Crippen molar-refractivity contribution in [3.63, 3.8) is 0 Å². The highest BCUT2D eigenvalue weighted by atomic mass is 28.3. The lowest BCUT2D eigenvalue weighted by atomic mass is 9.87. The minimum Gasteiger partial charge on any atom is -0.376 e. The van der Waals surface area contributed by atoms with Crippen LogP contribution in [0.5, 0.6) is 0 Å². The second-order valence-electron chi connectivity index (χ2n) is 10.2. The fraction of sp³-hybridized carbons (Fsp3) is 0.826. The Balaban J connectivity index is 2.32. The molecule has 1 aliphatic heterocycles. The van der Waals surface area contributed by atoms with Gasteiger partial charge in [-0.3, -0.25) is 0 Å². The van der Waals surface area contributed by atoms with Crippen LogP contribution in [0.4, 0.5) is 0 Å². The van der Waals surface area contributed by atoms with Gasteiger partial charge in [0.25, 0.3) is 0 Å². The molecule has 0 spiro atoms. The average molecular weight is 409 g/mol. The summed E-state index contributed by atoms with van der Waals surface area (Å²) in [7, 11) is 1.86. The van der Waals surface area contributed by atoms with Crippen LogP contribution in [0.25, 0.3) is 0 Å². The molecule has 160 valence electrons. The zero-order valence-electron chi connectivity index (χ0n) is 19.4. The molecule has 1 aliphatic carbocycles. The van der Waals surface area contributed by atoms with Crippen LogP contribution < -0.4 is 0 Å². The van der Waals surface area contributed by atoms with Crippen molar-refractivity contribution in [1.29, 1.82) is 0 Å². The second-order valence-corrected chi connectivity index (χ2v) is 14.9. The first-order chi connectivity index (χ1) is 12.8.